The third kappa shape index (κ3) is 2.60. The van der Waals surface area contributed by atoms with Gasteiger partial charge in [-0.2, -0.15) is 0 Å². The lowest BCUT2D eigenvalue weighted by molar-refractivity contribution is 0.155. The third-order valence-corrected chi connectivity index (χ3v) is 3.98. The number of aliphatic imine (C=N–C) groups is 2. The fourth-order valence-corrected chi connectivity index (χ4v) is 2.62. The lowest BCUT2D eigenvalue weighted by atomic mass is 9.82. The van der Waals surface area contributed by atoms with Crippen molar-refractivity contribution in [2.24, 2.45) is 9.98 Å². The summed E-state index contributed by atoms with van der Waals surface area (Å²) in [5.74, 6) is 0. The van der Waals surface area contributed by atoms with E-state index < -0.39 is 5.60 Å². The van der Waals surface area contributed by atoms with Crippen LogP contribution in [0, 0.1) is 0 Å². The van der Waals surface area contributed by atoms with Crippen molar-refractivity contribution >= 4 is 35.3 Å². The molecular weight excluding hydrogens is 307 g/mol. The monoisotopic (exact) mass is 318 g/mol. The first kappa shape index (κ1) is 14.3. The molecule has 0 unspecified atom stereocenters. The van der Waals surface area contributed by atoms with Crippen LogP contribution in [0.3, 0.4) is 0 Å². The highest BCUT2D eigenvalue weighted by Gasteiger charge is 2.38. The van der Waals surface area contributed by atoms with E-state index in [-0.39, 0.29) is 0 Å². The average Bonchev–Trinajstić information content (AvgIpc) is 3.02. The summed E-state index contributed by atoms with van der Waals surface area (Å²) in [6.07, 6.45) is 1.46. The molecule has 2 aromatic rings. The molecule has 0 amide bonds. The topological polar surface area (TPSA) is 45.0 Å². The zero-order valence-electron chi connectivity index (χ0n) is 11.0. The molecule has 0 radical (unpaired) electrons. The molecule has 1 aliphatic rings. The summed E-state index contributed by atoms with van der Waals surface area (Å²) in [7, 11) is 0. The van der Waals surface area contributed by atoms with Crippen LogP contribution in [0.15, 0.2) is 58.5 Å². The molecule has 0 saturated heterocycles. The molecule has 3 rings (SSSR count). The van der Waals surface area contributed by atoms with E-state index in [0.29, 0.717) is 33.4 Å². The molecule has 5 heteroatoms. The summed E-state index contributed by atoms with van der Waals surface area (Å²) in [5.41, 5.74) is 0.621. The van der Waals surface area contributed by atoms with E-state index in [9.17, 15) is 5.11 Å². The molecule has 1 heterocycles. The molecule has 106 valence electrons. The van der Waals surface area contributed by atoms with Gasteiger partial charge in [-0.3, -0.25) is 4.99 Å². The Bertz CT molecular complexity index is 661. The van der Waals surface area contributed by atoms with Gasteiger partial charge in [-0.1, -0.05) is 47.5 Å². The van der Waals surface area contributed by atoms with Crippen LogP contribution >= 0.6 is 23.2 Å². The summed E-state index contributed by atoms with van der Waals surface area (Å²) >= 11 is 11.9. The quantitative estimate of drug-likeness (QED) is 0.921. The fourth-order valence-electron chi connectivity index (χ4n) is 2.37. The first-order valence-corrected chi connectivity index (χ1v) is 7.16. The molecule has 0 bridgehead atoms. The van der Waals surface area contributed by atoms with Gasteiger partial charge in [0.05, 0.1) is 12.3 Å². The molecular formula is C16H12Cl2N2O. The zero-order valence-corrected chi connectivity index (χ0v) is 12.5. The molecule has 1 aliphatic heterocycles. The van der Waals surface area contributed by atoms with Crippen LogP contribution in [-0.2, 0) is 5.60 Å². The number of hydrogen-bond acceptors (Lipinski definition) is 3. The Hall–Kier alpha value is -1.68. The minimum atomic E-state index is -1.34. The van der Waals surface area contributed by atoms with E-state index in [1.165, 1.54) is 6.34 Å². The molecule has 0 saturated carbocycles. The fraction of sp³-hybridized carbons (Fsp3) is 0.125. The van der Waals surface area contributed by atoms with Crippen LogP contribution in [0.25, 0.3) is 0 Å². The van der Waals surface area contributed by atoms with Crippen LogP contribution in [0.2, 0.25) is 10.0 Å². The number of benzene rings is 2. The SMILES string of the molecule is OC(C1=NC=NC1)(c1ccc(Cl)cc1)c1ccc(Cl)cc1. The normalized spacial score (nSPS) is 14.3. The van der Waals surface area contributed by atoms with Gasteiger partial charge >= 0.3 is 0 Å². The van der Waals surface area contributed by atoms with Gasteiger partial charge in [0, 0.05) is 10.0 Å². The van der Waals surface area contributed by atoms with Crippen LogP contribution in [0.4, 0.5) is 0 Å². The maximum Gasteiger partial charge on any atom is 0.155 e. The van der Waals surface area contributed by atoms with Crippen LogP contribution < -0.4 is 0 Å². The predicted molar refractivity (Wildman–Crippen MR) is 86.7 cm³/mol. The van der Waals surface area contributed by atoms with Crippen molar-refractivity contribution in [1.29, 1.82) is 0 Å². The lowest BCUT2D eigenvalue weighted by Gasteiger charge is -2.29. The molecule has 2 aromatic carbocycles. The van der Waals surface area contributed by atoms with Gasteiger partial charge in [0.1, 0.15) is 6.34 Å². The highest BCUT2D eigenvalue weighted by molar-refractivity contribution is 6.30. The summed E-state index contributed by atoms with van der Waals surface area (Å²) in [4.78, 5) is 8.29. The van der Waals surface area contributed by atoms with Crippen LogP contribution in [0.5, 0.6) is 0 Å². The van der Waals surface area contributed by atoms with E-state index in [1.54, 1.807) is 48.5 Å². The Morgan fingerprint density at radius 2 is 1.33 bits per heavy atom. The average molecular weight is 319 g/mol. The van der Waals surface area contributed by atoms with Crippen molar-refractivity contribution in [3.8, 4) is 0 Å². The van der Waals surface area contributed by atoms with E-state index in [1.807, 2.05) is 0 Å². The van der Waals surface area contributed by atoms with E-state index in [4.69, 9.17) is 23.2 Å². The number of aliphatic hydroxyl groups is 1. The summed E-state index contributed by atoms with van der Waals surface area (Å²) in [6.45, 7) is 0.363. The second-order valence-corrected chi connectivity index (χ2v) is 5.63. The highest BCUT2D eigenvalue weighted by Crippen LogP contribution is 2.33. The van der Waals surface area contributed by atoms with Gasteiger partial charge in [0.15, 0.2) is 5.60 Å². The van der Waals surface area contributed by atoms with Gasteiger partial charge in [0.2, 0.25) is 0 Å². The van der Waals surface area contributed by atoms with Crippen molar-refractivity contribution in [2.75, 3.05) is 6.54 Å². The second-order valence-electron chi connectivity index (χ2n) is 4.76. The first-order chi connectivity index (χ1) is 10.1. The molecule has 21 heavy (non-hydrogen) atoms. The molecule has 0 aliphatic carbocycles. The standard InChI is InChI=1S/C16H12Cl2N2O/c17-13-5-1-11(2-6-13)16(21,15-9-19-10-20-15)12-3-7-14(18)8-4-12/h1-8,10,21H,9H2. The van der Waals surface area contributed by atoms with Gasteiger partial charge in [-0.05, 0) is 35.4 Å². The smallest absolute Gasteiger partial charge is 0.155 e. The van der Waals surface area contributed by atoms with Crippen molar-refractivity contribution in [1.82, 2.24) is 0 Å². The van der Waals surface area contributed by atoms with E-state index in [2.05, 4.69) is 9.98 Å². The first-order valence-electron chi connectivity index (χ1n) is 6.40. The highest BCUT2D eigenvalue weighted by atomic mass is 35.5. The minimum absolute atomic E-state index is 0.363. The van der Waals surface area contributed by atoms with Gasteiger partial charge in [-0.25, -0.2) is 4.99 Å². The Labute approximate surface area is 132 Å². The van der Waals surface area contributed by atoms with Crippen molar-refractivity contribution in [3.05, 3.63) is 69.7 Å². The van der Waals surface area contributed by atoms with Crippen LogP contribution in [-0.4, -0.2) is 23.7 Å². The summed E-state index contributed by atoms with van der Waals surface area (Å²) in [5, 5.41) is 12.6. The summed E-state index contributed by atoms with van der Waals surface area (Å²) < 4.78 is 0. The largest absolute Gasteiger partial charge is 0.375 e. The number of hydrogen-bond donors (Lipinski definition) is 1. The van der Waals surface area contributed by atoms with Crippen molar-refractivity contribution < 1.29 is 5.11 Å². The molecule has 0 atom stereocenters. The lowest BCUT2D eigenvalue weighted by Crippen LogP contribution is -2.38. The summed E-state index contributed by atoms with van der Waals surface area (Å²) in [6, 6.07) is 14.1. The molecule has 0 spiro atoms. The Balaban J connectivity index is 2.15. The molecule has 3 nitrogen and oxygen atoms in total. The molecule has 1 N–H and O–H groups in total. The number of nitrogens with zero attached hydrogens (tertiary/aromatic N) is 2. The van der Waals surface area contributed by atoms with Crippen molar-refractivity contribution in [3.63, 3.8) is 0 Å². The van der Waals surface area contributed by atoms with Crippen molar-refractivity contribution in [2.45, 2.75) is 5.60 Å². The van der Waals surface area contributed by atoms with Gasteiger partial charge in [-0.15, -0.1) is 0 Å². The van der Waals surface area contributed by atoms with E-state index in [0.717, 1.165) is 0 Å². The van der Waals surface area contributed by atoms with E-state index >= 15 is 0 Å². The predicted octanol–water partition coefficient (Wildman–Crippen LogP) is 3.71. The maximum absolute atomic E-state index is 11.3. The van der Waals surface area contributed by atoms with Gasteiger partial charge in [0.25, 0.3) is 0 Å². The van der Waals surface area contributed by atoms with Gasteiger partial charge < -0.3 is 5.11 Å². The zero-order chi connectivity index (χ0) is 14.9. The Kier molecular flexibility index (Phi) is 3.81. The Morgan fingerprint density at radius 1 is 0.857 bits per heavy atom. The third-order valence-electron chi connectivity index (χ3n) is 3.48. The number of rotatable bonds is 3. The number of halogens is 2. The molecule has 0 fully saturated rings. The maximum atomic E-state index is 11.3. The van der Waals surface area contributed by atoms with Crippen LogP contribution in [0.1, 0.15) is 11.1 Å². The Morgan fingerprint density at radius 3 is 1.71 bits per heavy atom. The minimum Gasteiger partial charge on any atom is -0.375 e. The second kappa shape index (κ2) is 5.60. The molecule has 0 aromatic heterocycles.